The Labute approximate surface area is 236 Å². The second-order valence-corrected chi connectivity index (χ2v) is 12.9. The first-order valence-electron chi connectivity index (χ1n) is 15.2. The van der Waals surface area contributed by atoms with Crippen LogP contribution in [0.15, 0.2) is 24.3 Å². The predicted octanol–water partition coefficient (Wildman–Crippen LogP) is 5.78. The summed E-state index contributed by atoms with van der Waals surface area (Å²) >= 11 is 0. The van der Waals surface area contributed by atoms with Gasteiger partial charge in [0.2, 0.25) is 0 Å². The Morgan fingerprint density at radius 2 is 1.59 bits per heavy atom. The normalized spacial score (nSPS) is 20.7. The van der Waals surface area contributed by atoms with E-state index in [0.717, 1.165) is 63.1 Å². The second kappa shape index (κ2) is 13.4. The van der Waals surface area contributed by atoms with Crippen molar-refractivity contribution < 1.29 is 14.3 Å². The third-order valence-corrected chi connectivity index (χ3v) is 8.56. The number of para-hydroxylation sites is 1. The molecule has 0 aromatic heterocycles. The van der Waals surface area contributed by atoms with Crippen LogP contribution in [-0.2, 0) is 11.3 Å². The van der Waals surface area contributed by atoms with Crippen LogP contribution in [-0.4, -0.2) is 94.7 Å². The van der Waals surface area contributed by atoms with Crippen LogP contribution in [0.1, 0.15) is 85.1 Å². The summed E-state index contributed by atoms with van der Waals surface area (Å²) in [4.78, 5) is 35.6. The van der Waals surface area contributed by atoms with Gasteiger partial charge in [-0.25, -0.2) is 9.59 Å². The summed E-state index contributed by atoms with van der Waals surface area (Å²) in [6, 6.07) is 9.04. The standard InChI is InChI=1S/C31H51N5O3/c1-24(2)33-19-15-27(16-20-33)36(30(38)39-31(3,4)5)23-25-11-7-8-12-28(25)32-29(37)35-21-13-26(14-22-35)34-17-9-6-10-18-34/h7-8,11-12,24,26-27H,6,9-10,13-23H2,1-5H3,(H,32,37). The molecule has 0 atom stereocenters. The zero-order valence-electron chi connectivity index (χ0n) is 25.0. The van der Waals surface area contributed by atoms with Crippen molar-refractivity contribution >= 4 is 17.8 Å². The molecule has 8 heteroatoms. The van der Waals surface area contributed by atoms with Crippen LogP contribution in [0.5, 0.6) is 0 Å². The fraction of sp³-hybridized carbons (Fsp3) is 0.742. The van der Waals surface area contributed by atoms with Crippen molar-refractivity contribution in [2.45, 2.75) is 110 Å². The molecule has 0 aliphatic carbocycles. The predicted molar refractivity (Wildman–Crippen MR) is 157 cm³/mol. The SMILES string of the molecule is CC(C)N1CCC(N(Cc2ccccc2NC(=O)N2CCC(N3CCCCC3)CC2)C(=O)OC(C)(C)C)CC1. The fourth-order valence-corrected chi connectivity index (χ4v) is 6.25. The molecular formula is C31H51N5O3. The lowest BCUT2D eigenvalue weighted by atomic mass is 10.00. The first-order chi connectivity index (χ1) is 18.6. The van der Waals surface area contributed by atoms with Gasteiger partial charge in [0.25, 0.3) is 0 Å². The van der Waals surface area contributed by atoms with Crippen molar-refractivity contribution in [3.05, 3.63) is 29.8 Å². The van der Waals surface area contributed by atoms with E-state index in [0.29, 0.717) is 18.6 Å². The van der Waals surface area contributed by atoms with Crippen molar-refractivity contribution in [3.63, 3.8) is 0 Å². The zero-order chi connectivity index (χ0) is 28.0. The number of ether oxygens (including phenoxy) is 1. The molecule has 0 unspecified atom stereocenters. The van der Waals surface area contributed by atoms with Crippen molar-refractivity contribution in [3.8, 4) is 0 Å². The van der Waals surface area contributed by atoms with Crippen LogP contribution in [0.2, 0.25) is 0 Å². The van der Waals surface area contributed by atoms with E-state index in [1.165, 1.54) is 32.4 Å². The molecule has 4 rings (SSSR count). The van der Waals surface area contributed by atoms with Gasteiger partial charge in [-0.15, -0.1) is 0 Å². The van der Waals surface area contributed by atoms with Crippen LogP contribution in [0.4, 0.5) is 15.3 Å². The number of urea groups is 1. The Balaban J connectivity index is 1.41. The van der Waals surface area contributed by atoms with Gasteiger partial charge in [0.15, 0.2) is 0 Å². The van der Waals surface area contributed by atoms with Crippen molar-refractivity contribution in [1.82, 2.24) is 19.6 Å². The number of rotatable bonds is 6. The maximum Gasteiger partial charge on any atom is 0.410 e. The summed E-state index contributed by atoms with van der Waals surface area (Å²) in [5, 5.41) is 3.18. The Morgan fingerprint density at radius 1 is 0.949 bits per heavy atom. The summed E-state index contributed by atoms with van der Waals surface area (Å²) in [7, 11) is 0. The quantitative estimate of drug-likeness (QED) is 0.495. The van der Waals surface area contributed by atoms with Gasteiger partial charge in [0, 0.05) is 50.0 Å². The summed E-state index contributed by atoms with van der Waals surface area (Å²) < 4.78 is 5.85. The highest BCUT2D eigenvalue weighted by molar-refractivity contribution is 5.90. The van der Waals surface area contributed by atoms with Gasteiger partial charge in [0.1, 0.15) is 5.60 Å². The van der Waals surface area contributed by atoms with E-state index in [1.807, 2.05) is 54.8 Å². The van der Waals surface area contributed by atoms with Gasteiger partial charge in [-0.3, -0.25) is 0 Å². The van der Waals surface area contributed by atoms with E-state index in [1.54, 1.807) is 0 Å². The highest BCUT2D eigenvalue weighted by atomic mass is 16.6. The van der Waals surface area contributed by atoms with Gasteiger partial charge in [-0.05, 0) is 97.9 Å². The number of carbonyl (C=O) groups excluding carboxylic acids is 2. The van der Waals surface area contributed by atoms with Crippen molar-refractivity contribution in [2.75, 3.05) is 44.6 Å². The molecule has 1 aromatic carbocycles. The van der Waals surface area contributed by atoms with Crippen molar-refractivity contribution in [2.24, 2.45) is 0 Å². The van der Waals surface area contributed by atoms with E-state index in [2.05, 4.69) is 29.0 Å². The zero-order valence-corrected chi connectivity index (χ0v) is 25.0. The van der Waals surface area contributed by atoms with Gasteiger partial charge >= 0.3 is 12.1 Å². The molecule has 3 amide bonds. The van der Waals surface area contributed by atoms with Crippen LogP contribution in [0.3, 0.4) is 0 Å². The number of hydrogen-bond donors (Lipinski definition) is 1. The van der Waals surface area contributed by atoms with Gasteiger partial charge < -0.3 is 29.7 Å². The second-order valence-electron chi connectivity index (χ2n) is 12.9. The maximum absolute atomic E-state index is 13.4. The number of piperidine rings is 3. The number of benzene rings is 1. The summed E-state index contributed by atoms with van der Waals surface area (Å²) in [6.07, 6.45) is 7.57. The highest BCUT2D eigenvalue weighted by Gasteiger charge is 2.33. The first-order valence-corrected chi connectivity index (χ1v) is 15.2. The molecule has 1 N–H and O–H groups in total. The summed E-state index contributed by atoms with van der Waals surface area (Å²) in [5.41, 5.74) is 1.14. The molecule has 8 nitrogen and oxygen atoms in total. The largest absolute Gasteiger partial charge is 0.444 e. The number of amides is 3. The smallest absolute Gasteiger partial charge is 0.410 e. The number of likely N-dealkylation sites (tertiary alicyclic amines) is 3. The number of hydrogen-bond acceptors (Lipinski definition) is 5. The lowest BCUT2D eigenvalue weighted by Crippen LogP contribution is -2.50. The third-order valence-electron chi connectivity index (χ3n) is 8.56. The minimum absolute atomic E-state index is 0.0476. The first kappa shape index (κ1) is 29.7. The van der Waals surface area contributed by atoms with E-state index in [4.69, 9.17) is 4.74 Å². The lowest BCUT2D eigenvalue weighted by Gasteiger charge is -2.41. The molecule has 1 aromatic rings. The molecule has 0 bridgehead atoms. The lowest BCUT2D eigenvalue weighted by molar-refractivity contribution is 0.00436. The van der Waals surface area contributed by atoms with Crippen LogP contribution < -0.4 is 5.32 Å². The monoisotopic (exact) mass is 541 g/mol. The Hall–Kier alpha value is -2.32. The Kier molecular flexibility index (Phi) is 10.2. The van der Waals surface area contributed by atoms with E-state index >= 15 is 0 Å². The molecular weight excluding hydrogens is 490 g/mol. The molecule has 0 spiro atoms. The number of carbonyl (C=O) groups is 2. The van der Waals surface area contributed by atoms with E-state index < -0.39 is 5.60 Å². The van der Waals surface area contributed by atoms with Gasteiger partial charge in [-0.2, -0.15) is 0 Å². The minimum atomic E-state index is -0.567. The average Bonchev–Trinajstić information content (AvgIpc) is 2.92. The fourth-order valence-electron chi connectivity index (χ4n) is 6.25. The molecule has 0 radical (unpaired) electrons. The van der Waals surface area contributed by atoms with Crippen LogP contribution in [0.25, 0.3) is 0 Å². The maximum atomic E-state index is 13.4. The third kappa shape index (κ3) is 8.34. The molecule has 3 aliphatic heterocycles. The molecule has 3 heterocycles. The van der Waals surface area contributed by atoms with Gasteiger partial charge in [-0.1, -0.05) is 24.6 Å². The number of anilines is 1. The summed E-state index contributed by atoms with van der Waals surface area (Å²) in [5.74, 6) is 0. The van der Waals surface area contributed by atoms with Gasteiger partial charge in [0.05, 0.1) is 6.54 Å². The minimum Gasteiger partial charge on any atom is -0.444 e. The molecule has 39 heavy (non-hydrogen) atoms. The molecule has 0 saturated carbocycles. The number of nitrogens with zero attached hydrogens (tertiary/aromatic N) is 4. The Bertz CT molecular complexity index is 940. The number of nitrogens with one attached hydrogen (secondary N) is 1. The topological polar surface area (TPSA) is 68.4 Å². The van der Waals surface area contributed by atoms with Crippen LogP contribution >= 0.6 is 0 Å². The molecule has 3 saturated heterocycles. The molecule has 3 fully saturated rings. The Morgan fingerprint density at radius 3 is 2.21 bits per heavy atom. The summed E-state index contributed by atoms with van der Waals surface area (Å²) in [6.45, 7) is 16.5. The molecule has 3 aliphatic rings. The van der Waals surface area contributed by atoms with E-state index in [9.17, 15) is 9.59 Å². The van der Waals surface area contributed by atoms with E-state index in [-0.39, 0.29) is 18.2 Å². The molecule has 218 valence electrons. The van der Waals surface area contributed by atoms with Crippen molar-refractivity contribution in [1.29, 1.82) is 0 Å². The highest BCUT2D eigenvalue weighted by Crippen LogP contribution is 2.27. The van der Waals surface area contributed by atoms with Crippen LogP contribution in [0, 0.1) is 0 Å². The average molecular weight is 542 g/mol.